The van der Waals surface area contributed by atoms with Crippen molar-refractivity contribution in [3.63, 3.8) is 0 Å². The summed E-state index contributed by atoms with van der Waals surface area (Å²) in [6, 6.07) is 7.14. The first kappa shape index (κ1) is 24.8. The van der Waals surface area contributed by atoms with Crippen LogP contribution in [-0.4, -0.2) is 34.7 Å². The van der Waals surface area contributed by atoms with Crippen molar-refractivity contribution in [2.75, 3.05) is 5.32 Å². The molecular weight excluding hydrogens is 458 g/mol. The molecule has 3 fully saturated rings. The van der Waals surface area contributed by atoms with Crippen LogP contribution >= 0.6 is 0 Å². The van der Waals surface area contributed by atoms with Gasteiger partial charge in [-0.2, -0.15) is 0 Å². The van der Waals surface area contributed by atoms with Gasteiger partial charge in [-0.05, 0) is 101 Å². The number of carbonyl (C=O) groups excluding carboxylic acids is 3. The van der Waals surface area contributed by atoms with E-state index in [1.54, 1.807) is 39.0 Å². The van der Waals surface area contributed by atoms with Crippen molar-refractivity contribution < 1.29 is 29.0 Å². The molecule has 1 heterocycles. The van der Waals surface area contributed by atoms with Crippen LogP contribution in [0.15, 0.2) is 35.6 Å². The first-order chi connectivity index (χ1) is 17.0. The summed E-state index contributed by atoms with van der Waals surface area (Å²) in [5, 5.41) is 13.7. The third-order valence-corrected chi connectivity index (χ3v) is 7.86. The van der Waals surface area contributed by atoms with Gasteiger partial charge in [0.2, 0.25) is 5.78 Å². The van der Waals surface area contributed by atoms with E-state index in [2.05, 4.69) is 5.32 Å². The zero-order chi connectivity index (χ0) is 25.7. The Balaban J connectivity index is 1.32. The fourth-order valence-corrected chi connectivity index (χ4v) is 5.53. The van der Waals surface area contributed by atoms with Crippen LogP contribution < -0.4 is 5.32 Å². The maximum atomic E-state index is 13.2. The first-order valence-electron chi connectivity index (χ1n) is 13.3. The molecule has 0 saturated heterocycles. The number of carbonyl (C=O) groups is 3. The number of amides is 1. The molecule has 2 atom stereocenters. The summed E-state index contributed by atoms with van der Waals surface area (Å²) >= 11 is 0. The SMILES string of the molecule is CC(C)(C)OC(=O)Nc1cccc(C(C2=C(O)C(=O)C(CCC3(CC4CC4)CC3)OC2=O)C2CC2)c1. The summed E-state index contributed by atoms with van der Waals surface area (Å²) in [5.41, 5.74) is 0.996. The molecule has 1 aromatic carbocycles. The number of hydrogen-bond donors (Lipinski definition) is 2. The zero-order valence-electron chi connectivity index (χ0n) is 21.5. The third-order valence-electron chi connectivity index (χ3n) is 7.86. The van der Waals surface area contributed by atoms with E-state index < -0.39 is 41.2 Å². The number of aliphatic hydroxyl groups is 1. The van der Waals surface area contributed by atoms with Gasteiger partial charge in [0.25, 0.3) is 0 Å². The fraction of sp³-hybridized carbons (Fsp3) is 0.621. The molecular formula is C29H37NO6. The zero-order valence-corrected chi connectivity index (χ0v) is 21.5. The van der Waals surface area contributed by atoms with Crippen LogP contribution in [0, 0.1) is 17.3 Å². The number of cyclic esters (lactones) is 1. The number of anilines is 1. The maximum absolute atomic E-state index is 13.2. The predicted octanol–water partition coefficient (Wildman–Crippen LogP) is 6.19. The number of rotatable bonds is 9. The van der Waals surface area contributed by atoms with E-state index in [4.69, 9.17) is 9.47 Å². The number of ether oxygens (including phenoxy) is 2. The monoisotopic (exact) mass is 495 g/mol. The second-order valence-electron chi connectivity index (χ2n) is 12.3. The largest absolute Gasteiger partial charge is 0.504 e. The molecule has 1 aromatic rings. The minimum Gasteiger partial charge on any atom is -0.504 e. The van der Waals surface area contributed by atoms with Crippen molar-refractivity contribution in [1.82, 2.24) is 0 Å². The summed E-state index contributed by atoms with van der Waals surface area (Å²) in [4.78, 5) is 38.5. The average molecular weight is 496 g/mol. The minimum absolute atomic E-state index is 0.0484. The van der Waals surface area contributed by atoms with Gasteiger partial charge >= 0.3 is 12.1 Å². The Morgan fingerprint density at radius 2 is 1.92 bits per heavy atom. The Morgan fingerprint density at radius 3 is 2.53 bits per heavy atom. The quantitative estimate of drug-likeness (QED) is 0.396. The number of ketones is 1. The van der Waals surface area contributed by atoms with Gasteiger partial charge in [-0.15, -0.1) is 0 Å². The second kappa shape index (κ2) is 9.24. The molecule has 0 bridgehead atoms. The van der Waals surface area contributed by atoms with E-state index >= 15 is 0 Å². The van der Waals surface area contributed by atoms with Crippen LogP contribution in [0.4, 0.5) is 10.5 Å². The second-order valence-corrected chi connectivity index (χ2v) is 12.3. The Labute approximate surface area is 212 Å². The van der Waals surface area contributed by atoms with E-state index in [-0.39, 0.29) is 11.5 Å². The number of Topliss-reactive ketones (excluding diaryl/α,β-unsaturated/α-hetero) is 1. The predicted molar refractivity (Wildman–Crippen MR) is 135 cm³/mol. The van der Waals surface area contributed by atoms with Gasteiger partial charge in [-0.3, -0.25) is 10.1 Å². The van der Waals surface area contributed by atoms with E-state index in [0.717, 1.165) is 30.7 Å². The number of benzene rings is 1. The van der Waals surface area contributed by atoms with Gasteiger partial charge < -0.3 is 14.6 Å². The van der Waals surface area contributed by atoms with Gasteiger partial charge in [0.05, 0.1) is 5.57 Å². The highest BCUT2D eigenvalue weighted by Gasteiger charge is 2.49. The smallest absolute Gasteiger partial charge is 0.412 e. The molecule has 0 aromatic heterocycles. The van der Waals surface area contributed by atoms with Crippen molar-refractivity contribution in [1.29, 1.82) is 0 Å². The molecule has 3 saturated carbocycles. The molecule has 2 unspecified atom stereocenters. The number of hydrogen-bond acceptors (Lipinski definition) is 6. The minimum atomic E-state index is -0.905. The van der Waals surface area contributed by atoms with Gasteiger partial charge in [0.15, 0.2) is 11.9 Å². The highest BCUT2D eigenvalue weighted by atomic mass is 16.6. The number of nitrogens with one attached hydrogen (secondary N) is 1. The summed E-state index contributed by atoms with van der Waals surface area (Å²) in [7, 11) is 0. The van der Waals surface area contributed by atoms with Crippen molar-refractivity contribution in [2.24, 2.45) is 17.3 Å². The van der Waals surface area contributed by atoms with Gasteiger partial charge in [-0.25, -0.2) is 9.59 Å². The Bertz CT molecular complexity index is 1090. The third kappa shape index (κ3) is 5.76. The molecule has 36 heavy (non-hydrogen) atoms. The van der Waals surface area contributed by atoms with E-state index in [0.29, 0.717) is 17.5 Å². The highest BCUT2D eigenvalue weighted by Crippen LogP contribution is 2.58. The van der Waals surface area contributed by atoms with Crippen LogP contribution in [0.3, 0.4) is 0 Å². The average Bonchev–Trinajstić information content (AvgIpc) is 3.63. The lowest BCUT2D eigenvalue weighted by Crippen LogP contribution is -2.38. The Morgan fingerprint density at radius 1 is 1.19 bits per heavy atom. The van der Waals surface area contributed by atoms with Gasteiger partial charge in [-0.1, -0.05) is 25.0 Å². The number of esters is 1. The van der Waals surface area contributed by atoms with Crippen LogP contribution in [0.1, 0.15) is 90.0 Å². The molecule has 2 N–H and O–H groups in total. The molecule has 3 aliphatic carbocycles. The van der Waals surface area contributed by atoms with E-state index in [1.807, 2.05) is 6.07 Å². The Hall–Kier alpha value is -2.83. The summed E-state index contributed by atoms with van der Waals surface area (Å²) in [6.07, 6.45) is 7.83. The highest BCUT2D eigenvalue weighted by molar-refractivity contribution is 6.09. The molecule has 0 radical (unpaired) electrons. The molecule has 7 heteroatoms. The summed E-state index contributed by atoms with van der Waals surface area (Å²) < 4.78 is 11.0. The van der Waals surface area contributed by atoms with Crippen molar-refractivity contribution in [3.05, 3.63) is 41.2 Å². The van der Waals surface area contributed by atoms with Crippen LogP contribution in [0.5, 0.6) is 0 Å². The first-order valence-corrected chi connectivity index (χ1v) is 13.3. The maximum Gasteiger partial charge on any atom is 0.412 e. The lowest BCUT2D eigenvalue weighted by Gasteiger charge is -2.29. The fourth-order valence-electron chi connectivity index (χ4n) is 5.53. The van der Waals surface area contributed by atoms with E-state index in [1.165, 1.54) is 32.1 Å². The summed E-state index contributed by atoms with van der Waals surface area (Å²) in [5.74, 6) is -1.05. The topological polar surface area (TPSA) is 102 Å². The van der Waals surface area contributed by atoms with Crippen molar-refractivity contribution >= 4 is 23.5 Å². The normalized spacial score (nSPS) is 24.2. The van der Waals surface area contributed by atoms with Crippen LogP contribution in [0.2, 0.25) is 0 Å². The molecule has 5 rings (SSSR count). The van der Waals surface area contributed by atoms with Crippen LogP contribution in [-0.2, 0) is 19.1 Å². The van der Waals surface area contributed by atoms with E-state index in [9.17, 15) is 19.5 Å². The van der Waals surface area contributed by atoms with Crippen LogP contribution in [0.25, 0.3) is 0 Å². The van der Waals surface area contributed by atoms with Crippen molar-refractivity contribution in [3.8, 4) is 0 Å². The molecule has 1 aliphatic heterocycles. The Kier molecular flexibility index (Phi) is 6.38. The molecule has 4 aliphatic rings. The molecule has 194 valence electrons. The number of aliphatic hydroxyl groups excluding tert-OH is 1. The molecule has 0 spiro atoms. The lowest BCUT2D eigenvalue weighted by molar-refractivity contribution is -0.155. The summed E-state index contributed by atoms with van der Waals surface area (Å²) in [6.45, 7) is 5.37. The van der Waals surface area contributed by atoms with Gasteiger partial charge in [0, 0.05) is 11.6 Å². The van der Waals surface area contributed by atoms with Crippen molar-refractivity contribution in [2.45, 2.75) is 96.2 Å². The van der Waals surface area contributed by atoms with Gasteiger partial charge in [0.1, 0.15) is 5.60 Å². The standard InChI is InChI=1S/C29H37NO6/c1-28(2,3)36-27(34)30-20-6-4-5-19(15-20)22(18-9-10-18)23-25(32)24(31)21(35-26(23)33)11-12-29(13-14-29)16-17-7-8-17/h4-6,15,17-18,21-22,32H,7-14,16H2,1-3H3,(H,30,34). The molecule has 7 nitrogen and oxygen atoms in total. The lowest BCUT2D eigenvalue weighted by atomic mass is 9.83. The molecule has 1 amide bonds.